The molecule has 2 amide bonds. The molecule has 0 aliphatic carbocycles. The van der Waals surface area contributed by atoms with Crippen molar-refractivity contribution in [2.24, 2.45) is 0 Å². The van der Waals surface area contributed by atoms with E-state index in [4.69, 9.17) is 0 Å². The lowest BCUT2D eigenvalue weighted by Crippen LogP contribution is -2.28. The SMILES string of the molecule is CCCCN(C)C(=O)c1cncc(C(=O)Nc2ccccc2C(F)(F)F)c1. The van der Waals surface area contributed by atoms with Crippen LogP contribution in [0.1, 0.15) is 46.0 Å². The van der Waals surface area contributed by atoms with Gasteiger partial charge in [0.15, 0.2) is 0 Å². The van der Waals surface area contributed by atoms with E-state index in [-0.39, 0.29) is 22.7 Å². The molecule has 0 aliphatic rings. The van der Waals surface area contributed by atoms with Gasteiger partial charge in [0, 0.05) is 26.0 Å². The Morgan fingerprint density at radius 1 is 1.15 bits per heavy atom. The molecule has 0 atom stereocenters. The molecule has 1 aromatic heterocycles. The van der Waals surface area contributed by atoms with Crippen LogP contribution in [0.4, 0.5) is 18.9 Å². The number of carbonyl (C=O) groups excluding carboxylic acids is 2. The molecule has 144 valence electrons. The van der Waals surface area contributed by atoms with Gasteiger partial charge in [0.1, 0.15) is 0 Å². The molecule has 5 nitrogen and oxygen atoms in total. The normalized spacial score (nSPS) is 11.1. The first-order valence-corrected chi connectivity index (χ1v) is 8.42. The average molecular weight is 379 g/mol. The smallest absolute Gasteiger partial charge is 0.342 e. The first kappa shape index (κ1) is 20.4. The number of unbranched alkanes of at least 4 members (excludes halogenated alkanes) is 1. The van der Waals surface area contributed by atoms with Gasteiger partial charge in [-0.3, -0.25) is 14.6 Å². The van der Waals surface area contributed by atoms with Crippen molar-refractivity contribution in [2.75, 3.05) is 18.9 Å². The maximum Gasteiger partial charge on any atom is 0.418 e. The van der Waals surface area contributed by atoms with Gasteiger partial charge < -0.3 is 10.2 Å². The fourth-order valence-corrected chi connectivity index (χ4v) is 2.43. The first-order chi connectivity index (χ1) is 12.7. The second-order valence-corrected chi connectivity index (χ2v) is 6.04. The minimum atomic E-state index is -4.60. The van der Waals surface area contributed by atoms with Crippen molar-refractivity contribution in [3.8, 4) is 0 Å². The van der Waals surface area contributed by atoms with E-state index in [1.54, 1.807) is 7.05 Å². The highest BCUT2D eigenvalue weighted by Gasteiger charge is 2.33. The number of halogens is 3. The summed E-state index contributed by atoms with van der Waals surface area (Å²) >= 11 is 0. The van der Waals surface area contributed by atoms with Gasteiger partial charge in [0.2, 0.25) is 0 Å². The Balaban J connectivity index is 2.20. The van der Waals surface area contributed by atoms with Gasteiger partial charge in [-0.1, -0.05) is 25.5 Å². The summed E-state index contributed by atoms with van der Waals surface area (Å²) in [4.78, 5) is 30.1. The number of anilines is 1. The predicted octanol–water partition coefficient (Wildman–Crippen LogP) is 4.22. The highest BCUT2D eigenvalue weighted by molar-refractivity contribution is 6.06. The van der Waals surface area contributed by atoms with Crippen LogP contribution in [-0.2, 0) is 6.18 Å². The number of hydrogen-bond donors (Lipinski definition) is 1. The summed E-state index contributed by atoms with van der Waals surface area (Å²) in [5.74, 6) is -1.08. The quantitative estimate of drug-likeness (QED) is 0.817. The second kappa shape index (κ2) is 8.66. The van der Waals surface area contributed by atoms with Crippen LogP contribution in [0.15, 0.2) is 42.7 Å². The Hall–Kier alpha value is -2.90. The summed E-state index contributed by atoms with van der Waals surface area (Å²) in [6.45, 7) is 2.56. The van der Waals surface area contributed by atoms with Gasteiger partial charge in [0.05, 0.1) is 22.4 Å². The molecule has 1 N–H and O–H groups in total. The van der Waals surface area contributed by atoms with E-state index in [2.05, 4.69) is 10.3 Å². The number of aromatic nitrogens is 1. The van der Waals surface area contributed by atoms with Crippen LogP contribution < -0.4 is 5.32 Å². The van der Waals surface area contributed by atoms with Crippen LogP contribution in [0.3, 0.4) is 0 Å². The molecule has 0 fully saturated rings. The molecule has 0 radical (unpaired) electrons. The van der Waals surface area contributed by atoms with Gasteiger partial charge in [-0.2, -0.15) is 13.2 Å². The van der Waals surface area contributed by atoms with Crippen LogP contribution in [0, 0.1) is 0 Å². The summed E-state index contributed by atoms with van der Waals surface area (Å²) < 4.78 is 39.1. The summed E-state index contributed by atoms with van der Waals surface area (Å²) in [6.07, 6.45) is -0.303. The number of amides is 2. The number of nitrogens with zero attached hydrogens (tertiary/aromatic N) is 2. The molecule has 0 aliphatic heterocycles. The van der Waals surface area contributed by atoms with Crippen molar-refractivity contribution in [3.05, 3.63) is 59.4 Å². The highest BCUT2D eigenvalue weighted by atomic mass is 19.4. The molecule has 0 saturated carbocycles. The van der Waals surface area contributed by atoms with E-state index in [1.807, 2.05) is 6.92 Å². The van der Waals surface area contributed by atoms with Crippen LogP contribution in [0.5, 0.6) is 0 Å². The van der Waals surface area contributed by atoms with E-state index < -0.39 is 17.6 Å². The number of alkyl halides is 3. The van der Waals surface area contributed by atoms with Crippen molar-refractivity contribution in [3.63, 3.8) is 0 Å². The molecule has 8 heteroatoms. The van der Waals surface area contributed by atoms with Gasteiger partial charge >= 0.3 is 6.18 Å². The number of nitrogens with one attached hydrogen (secondary N) is 1. The first-order valence-electron chi connectivity index (χ1n) is 8.42. The minimum Gasteiger partial charge on any atom is -0.342 e. The fourth-order valence-electron chi connectivity index (χ4n) is 2.43. The summed E-state index contributed by atoms with van der Waals surface area (Å²) in [5, 5.41) is 2.24. The van der Waals surface area contributed by atoms with E-state index in [0.717, 1.165) is 18.9 Å². The van der Waals surface area contributed by atoms with Crippen LogP contribution >= 0.6 is 0 Å². The average Bonchev–Trinajstić information content (AvgIpc) is 2.65. The lowest BCUT2D eigenvalue weighted by molar-refractivity contribution is -0.136. The largest absolute Gasteiger partial charge is 0.418 e. The molecule has 2 aromatic rings. The van der Waals surface area contributed by atoms with Gasteiger partial charge in [-0.05, 0) is 24.6 Å². The summed E-state index contributed by atoms with van der Waals surface area (Å²) in [6, 6.07) is 6.01. The molecule has 2 rings (SSSR count). The number of pyridine rings is 1. The third-order valence-corrected chi connectivity index (χ3v) is 3.92. The summed E-state index contributed by atoms with van der Waals surface area (Å²) in [7, 11) is 1.64. The second-order valence-electron chi connectivity index (χ2n) is 6.04. The maximum absolute atomic E-state index is 13.0. The standard InChI is InChI=1S/C19H20F3N3O2/c1-3-4-9-25(2)18(27)14-10-13(11-23-12-14)17(26)24-16-8-6-5-7-15(16)19(20,21)22/h5-8,10-12H,3-4,9H2,1-2H3,(H,24,26). The van der Waals surface area contributed by atoms with E-state index >= 15 is 0 Å². The number of hydrogen-bond acceptors (Lipinski definition) is 3. The third-order valence-electron chi connectivity index (χ3n) is 3.92. The molecule has 0 saturated heterocycles. The molecule has 0 bridgehead atoms. The van der Waals surface area contributed by atoms with Crippen molar-refractivity contribution in [1.82, 2.24) is 9.88 Å². The van der Waals surface area contributed by atoms with Crippen molar-refractivity contribution in [2.45, 2.75) is 25.9 Å². The Kier molecular flexibility index (Phi) is 6.55. The summed E-state index contributed by atoms with van der Waals surface area (Å²) in [5.41, 5.74) is -1.10. The molecule has 27 heavy (non-hydrogen) atoms. The van der Waals surface area contributed by atoms with E-state index in [0.29, 0.717) is 6.54 Å². The van der Waals surface area contributed by atoms with E-state index in [9.17, 15) is 22.8 Å². The lowest BCUT2D eigenvalue weighted by Gasteiger charge is -2.17. The predicted molar refractivity (Wildman–Crippen MR) is 95.5 cm³/mol. The number of para-hydroxylation sites is 1. The maximum atomic E-state index is 13.0. The van der Waals surface area contributed by atoms with Gasteiger partial charge in [0.25, 0.3) is 11.8 Å². The Labute approximate surface area is 155 Å². The molecular weight excluding hydrogens is 359 g/mol. The van der Waals surface area contributed by atoms with Crippen LogP contribution in [0.2, 0.25) is 0 Å². The lowest BCUT2D eigenvalue weighted by atomic mass is 10.1. The highest BCUT2D eigenvalue weighted by Crippen LogP contribution is 2.34. The van der Waals surface area contributed by atoms with Crippen molar-refractivity contribution >= 4 is 17.5 Å². The number of benzene rings is 1. The van der Waals surface area contributed by atoms with Crippen LogP contribution in [0.25, 0.3) is 0 Å². The number of carbonyl (C=O) groups is 2. The Morgan fingerprint density at radius 2 is 1.81 bits per heavy atom. The van der Waals surface area contributed by atoms with Gasteiger partial charge in [-0.25, -0.2) is 0 Å². The molecule has 1 aromatic carbocycles. The van der Waals surface area contributed by atoms with E-state index in [1.165, 1.54) is 41.6 Å². The molecule has 1 heterocycles. The zero-order valence-corrected chi connectivity index (χ0v) is 15.0. The van der Waals surface area contributed by atoms with Crippen LogP contribution in [-0.4, -0.2) is 35.3 Å². The molecule has 0 unspecified atom stereocenters. The Morgan fingerprint density at radius 3 is 2.48 bits per heavy atom. The number of rotatable bonds is 6. The molecule has 0 spiro atoms. The monoisotopic (exact) mass is 379 g/mol. The zero-order chi connectivity index (χ0) is 20.0. The topological polar surface area (TPSA) is 62.3 Å². The molecular formula is C19H20F3N3O2. The zero-order valence-electron chi connectivity index (χ0n) is 15.0. The van der Waals surface area contributed by atoms with Gasteiger partial charge in [-0.15, -0.1) is 0 Å². The third kappa shape index (κ3) is 5.29. The van der Waals surface area contributed by atoms with Crippen molar-refractivity contribution in [1.29, 1.82) is 0 Å². The minimum absolute atomic E-state index is 0.00159. The Bertz CT molecular complexity index is 822. The van der Waals surface area contributed by atoms with Crippen molar-refractivity contribution < 1.29 is 22.8 Å². The fraction of sp³-hybridized carbons (Fsp3) is 0.316.